The average molecular weight is 341 g/mol. The molecule has 2 rings (SSSR count). The van der Waals surface area contributed by atoms with Gasteiger partial charge in [-0.05, 0) is 42.5 Å². The number of anilines is 1. The fourth-order valence-electron chi connectivity index (χ4n) is 1.93. The van der Waals surface area contributed by atoms with Crippen molar-refractivity contribution in [2.45, 2.75) is 4.90 Å². The number of ether oxygens (including phenoxy) is 1. The molecule has 8 heteroatoms. The van der Waals surface area contributed by atoms with Gasteiger partial charge in [0.05, 0.1) is 18.4 Å². The lowest BCUT2D eigenvalue weighted by Crippen LogP contribution is -2.28. The van der Waals surface area contributed by atoms with Crippen molar-refractivity contribution in [3.8, 4) is 0 Å². The quantitative estimate of drug-likeness (QED) is 0.802. The van der Waals surface area contributed by atoms with Crippen LogP contribution in [0.1, 0.15) is 10.4 Å². The largest absolute Gasteiger partial charge is 0.465 e. The van der Waals surface area contributed by atoms with E-state index in [1.807, 2.05) is 0 Å². The predicted octanol–water partition coefficient (Wildman–Crippen LogP) is 2.58. The summed E-state index contributed by atoms with van der Waals surface area (Å²) in [5, 5.41) is 0. The number of methoxy groups -OCH3 is 1. The monoisotopic (exact) mass is 341 g/mol. The summed E-state index contributed by atoms with van der Waals surface area (Å²) >= 11 is 0. The van der Waals surface area contributed by atoms with E-state index < -0.39 is 32.5 Å². The van der Waals surface area contributed by atoms with Crippen LogP contribution < -0.4 is 4.31 Å². The van der Waals surface area contributed by atoms with Gasteiger partial charge in [-0.3, -0.25) is 4.31 Å². The number of benzene rings is 2. The van der Waals surface area contributed by atoms with E-state index in [-0.39, 0.29) is 11.3 Å². The first kappa shape index (κ1) is 16.9. The SMILES string of the molecule is COC(=O)c1ccc(F)cc1S(=O)(=O)N(C)c1ccc(F)cc1. The van der Waals surface area contributed by atoms with Crippen molar-refractivity contribution in [3.05, 3.63) is 59.7 Å². The van der Waals surface area contributed by atoms with Crippen molar-refractivity contribution >= 4 is 21.7 Å². The first-order valence-corrected chi connectivity index (χ1v) is 7.83. The van der Waals surface area contributed by atoms with Crippen LogP contribution in [0.2, 0.25) is 0 Å². The van der Waals surface area contributed by atoms with Crippen LogP contribution in [0, 0.1) is 11.6 Å². The number of rotatable bonds is 4. The number of carbonyl (C=O) groups excluding carboxylic acids is 1. The van der Waals surface area contributed by atoms with Gasteiger partial charge < -0.3 is 4.74 Å². The Morgan fingerprint density at radius 1 is 1.04 bits per heavy atom. The molecule has 0 amide bonds. The molecule has 0 unspecified atom stereocenters. The first-order chi connectivity index (χ1) is 10.8. The molecule has 0 heterocycles. The van der Waals surface area contributed by atoms with Gasteiger partial charge in [-0.2, -0.15) is 0 Å². The van der Waals surface area contributed by atoms with Crippen LogP contribution in [0.25, 0.3) is 0 Å². The lowest BCUT2D eigenvalue weighted by molar-refractivity contribution is 0.0596. The second-order valence-electron chi connectivity index (χ2n) is 4.58. The van der Waals surface area contributed by atoms with Crippen LogP contribution in [0.15, 0.2) is 47.4 Å². The number of esters is 1. The molecule has 0 aliphatic carbocycles. The van der Waals surface area contributed by atoms with Gasteiger partial charge in [0.2, 0.25) is 0 Å². The molecule has 0 N–H and O–H groups in total. The van der Waals surface area contributed by atoms with Crippen LogP contribution in [0.3, 0.4) is 0 Å². The van der Waals surface area contributed by atoms with E-state index in [0.29, 0.717) is 0 Å². The summed E-state index contributed by atoms with van der Waals surface area (Å²) in [4.78, 5) is 11.2. The zero-order chi connectivity index (χ0) is 17.2. The Morgan fingerprint density at radius 3 is 2.17 bits per heavy atom. The number of hydrogen-bond donors (Lipinski definition) is 0. The molecule has 0 aliphatic rings. The second kappa shape index (κ2) is 6.33. The van der Waals surface area contributed by atoms with Crippen molar-refractivity contribution in [3.63, 3.8) is 0 Å². The van der Waals surface area contributed by atoms with E-state index in [1.54, 1.807) is 0 Å². The van der Waals surface area contributed by atoms with E-state index in [9.17, 15) is 22.0 Å². The normalized spacial score (nSPS) is 11.1. The maximum Gasteiger partial charge on any atom is 0.339 e. The van der Waals surface area contributed by atoms with Crippen LogP contribution in [0.4, 0.5) is 14.5 Å². The molecule has 0 radical (unpaired) electrons. The topological polar surface area (TPSA) is 63.7 Å². The first-order valence-electron chi connectivity index (χ1n) is 6.39. The van der Waals surface area contributed by atoms with E-state index in [4.69, 9.17) is 0 Å². The standard InChI is InChI=1S/C15H13F2NO4S/c1-18(12-6-3-10(16)4-7-12)23(20,21)14-9-11(17)5-8-13(14)15(19)22-2/h3-9H,1-2H3. The molecule has 2 aromatic rings. The Labute approximate surface area is 132 Å². The highest BCUT2D eigenvalue weighted by molar-refractivity contribution is 7.92. The van der Waals surface area contributed by atoms with E-state index in [2.05, 4.69) is 4.74 Å². The van der Waals surface area contributed by atoms with E-state index >= 15 is 0 Å². The summed E-state index contributed by atoms with van der Waals surface area (Å²) in [6.45, 7) is 0. The zero-order valence-electron chi connectivity index (χ0n) is 12.3. The van der Waals surface area contributed by atoms with Gasteiger partial charge in [-0.25, -0.2) is 22.0 Å². The van der Waals surface area contributed by atoms with Gasteiger partial charge in [0.15, 0.2) is 0 Å². The minimum atomic E-state index is -4.24. The van der Waals surface area contributed by atoms with Crippen LogP contribution in [0.5, 0.6) is 0 Å². The van der Waals surface area contributed by atoms with Gasteiger partial charge in [-0.1, -0.05) is 0 Å². The highest BCUT2D eigenvalue weighted by Gasteiger charge is 2.28. The third-order valence-corrected chi connectivity index (χ3v) is 5.00. The number of halogens is 2. The number of nitrogens with zero attached hydrogens (tertiary/aromatic N) is 1. The van der Waals surface area contributed by atoms with Crippen LogP contribution in [-0.2, 0) is 14.8 Å². The molecular formula is C15H13F2NO4S. The van der Waals surface area contributed by atoms with E-state index in [0.717, 1.165) is 41.7 Å². The van der Waals surface area contributed by atoms with Gasteiger partial charge in [0, 0.05) is 7.05 Å². The maximum absolute atomic E-state index is 13.5. The van der Waals surface area contributed by atoms with Crippen molar-refractivity contribution < 1.29 is 26.7 Å². The molecule has 0 saturated carbocycles. The average Bonchev–Trinajstić information content (AvgIpc) is 2.54. The molecule has 2 aromatic carbocycles. The summed E-state index contributed by atoms with van der Waals surface area (Å²) in [5.74, 6) is -2.25. The fraction of sp³-hybridized carbons (Fsp3) is 0.133. The number of hydrogen-bond acceptors (Lipinski definition) is 4. The second-order valence-corrected chi connectivity index (χ2v) is 6.52. The molecule has 5 nitrogen and oxygen atoms in total. The minimum Gasteiger partial charge on any atom is -0.465 e. The molecule has 0 spiro atoms. The number of sulfonamides is 1. The molecule has 0 aliphatic heterocycles. The summed E-state index contributed by atoms with van der Waals surface area (Å²) in [7, 11) is -1.94. The maximum atomic E-state index is 13.5. The van der Waals surface area contributed by atoms with Gasteiger partial charge in [0.25, 0.3) is 10.0 Å². The minimum absolute atomic E-state index is 0.159. The van der Waals surface area contributed by atoms with Crippen LogP contribution >= 0.6 is 0 Å². The van der Waals surface area contributed by atoms with Crippen molar-refractivity contribution in [1.29, 1.82) is 0 Å². The lowest BCUT2D eigenvalue weighted by atomic mass is 10.2. The van der Waals surface area contributed by atoms with Crippen molar-refractivity contribution in [1.82, 2.24) is 0 Å². The lowest BCUT2D eigenvalue weighted by Gasteiger charge is -2.20. The van der Waals surface area contributed by atoms with E-state index in [1.165, 1.54) is 19.2 Å². The van der Waals surface area contributed by atoms with Crippen molar-refractivity contribution in [2.24, 2.45) is 0 Å². The van der Waals surface area contributed by atoms with Gasteiger partial charge >= 0.3 is 5.97 Å². The molecule has 0 fully saturated rings. The molecule has 23 heavy (non-hydrogen) atoms. The fourth-order valence-corrected chi connectivity index (χ4v) is 3.31. The highest BCUT2D eigenvalue weighted by Crippen LogP contribution is 2.26. The molecule has 0 aromatic heterocycles. The van der Waals surface area contributed by atoms with Gasteiger partial charge in [0.1, 0.15) is 16.5 Å². The number of carbonyl (C=O) groups is 1. The Kier molecular flexibility index (Phi) is 4.65. The Balaban J connectivity index is 2.57. The third-order valence-electron chi connectivity index (χ3n) is 3.18. The molecular weight excluding hydrogens is 328 g/mol. The Hall–Kier alpha value is -2.48. The Morgan fingerprint density at radius 2 is 1.61 bits per heavy atom. The zero-order valence-corrected chi connectivity index (χ0v) is 13.1. The molecule has 0 saturated heterocycles. The summed E-state index contributed by atoms with van der Waals surface area (Å²) in [5.41, 5.74) is -0.130. The summed E-state index contributed by atoms with van der Waals surface area (Å²) in [6, 6.07) is 7.42. The molecule has 122 valence electrons. The third kappa shape index (κ3) is 3.31. The van der Waals surface area contributed by atoms with Crippen molar-refractivity contribution in [2.75, 3.05) is 18.5 Å². The smallest absolute Gasteiger partial charge is 0.339 e. The van der Waals surface area contributed by atoms with Crippen LogP contribution in [-0.4, -0.2) is 28.5 Å². The Bertz CT molecular complexity index is 835. The summed E-state index contributed by atoms with van der Waals surface area (Å²) < 4.78 is 57.1. The molecule has 0 bridgehead atoms. The summed E-state index contributed by atoms with van der Waals surface area (Å²) in [6.07, 6.45) is 0. The predicted molar refractivity (Wildman–Crippen MR) is 79.7 cm³/mol. The molecule has 0 atom stereocenters. The van der Waals surface area contributed by atoms with Gasteiger partial charge in [-0.15, -0.1) is 0 Å². The highest BCUT2D eigenvalue weighted by atomic mass is 32.2.